The monoisotopic (exact) mass is 484 g/mol. The van der Waals surface area contributed by atoms with Crippen LogP contribution in [-0.4, -0.2) is 62.6 Å². The number of aliphatic hydroxyl groups excluding tert-OH is 1. The summed E-state index contributed by atoms with van der Waals surface area (Å²) in [7, 11) is -2.50. The molecule has 2 aromatic carbocycles. The largest absolute Gasteiger partial charge is 0.469 e. The molecule has 4 atom stereocenters. The molecule has 3 heterocycles. The Morgan fingerprint density at radius 3 is 2.56 bits per heavy atom. The van der Waals surface area contributed by atoms with Gasteiger partial charge in [0.1, 0.15) is 0 Å². The van der Waals surface area contributed by atoms with E-state index < -0.39 is 21.5 Å². The maximum absolute atomic E-state index is 13.7. The van der Waals surface area contributed by atoms with E-state index in [9.17, 15) is 23.1 Å². The first-order valence-electron chi connectivity index (χ1n) is 11.5. The molecule has 0 saturated carbocycles. The van der Waals surface area contributed by atoms with Gasteiger partial charge < -0.3 is 14.7 Å². The van der Waals surface area contributed by atoms with Crippen LogP contribution in [-0.2, 0) is 29.8 Å². The van der Waals surface area contributed by atoms with Crippen molar-refractivity contribution in [2.24, 2.45) is 5.92 Å². The van der Waals surface area contributed by atoms with E-state index >= 15 is 0 Å². The molecule has 0 bridgehead atoms. The molecule has 8 nitrogen and oxygen atoms in total. The van der Waals surface area contributed by atoms with Gasteiger partial charge in [-0.25, -0.2) is 8.42 Å². The maximum Gasteiger partial charge on any atom is 0.305 e. The van der Waals surface area contributed by atoms with Crippen LogP contribution in [0.2, 0.25) is 0 Å². The minimum atomic E-state index is -3.83. The van der Waals surface area contributed by atoms with Gasteiger partial charge in [-0.2, -0.15) is 0 Å². The molecule has 1 N–H and O–H groups in total. The van der Waals surface area contributed by atoms with E-state index in [-0.39, 0.29) is 54.7 Å². The Balaban J connectivity index is 1.59. The van der Waals surface area contributed by atoms with Crippen LogP contribution < -0.4 is 4.31 Å². The second kappa shape index (κ2) is 8.39. The standard InChI is InChI=1S/C25H28N2O6S/c1-33-24(30)13-17-11-22-25(14-18(15-28)27(22)23(29)12-17)16-26(21-10-6-5-9-20(21)25)34(31,32)19-7-3-2-4-8-19/h2-10,17-18,22,28H,11-16H2,1H3/t17-,18+,22-,25?/m1/s1. The van der Waals surface area contributed by atoms with Crippen LogP contribution in [0.25, 0.3) is 0 Å². The number of rotatable bonds is 5. The topological polar surface area (TPSA) is 104 Å². The van der Waals surface area contributed by atoms with Crippen molar-refractivity contribution < 1.29 is 27.9 Å². The summed E-state index contributed by atoms with van der Waals surface area (Å²) in [6, 6.07) is 15.0. The Kier molecular flexibility index (Phi) is 5.64. The Labute approximate surface area is 199 Å². The van der Waals surface area contributed by atoms with Crippen molar-refractivity contribution >= 4 is 27.6 Å². The number of benzene rings is 2. The second-order valence-corrected chi connectivity index (χ2v) is 11.3. The third-order valence-corrected chi connectivity index (χ3v) is 9.41. The van der Waals surface area contributed by atoms with Crippen LogP contribution in [0.4, 0.5) is 5.69 Å². The molecule has 5 rings (SSSR count). The van der Waals surface area contributed by atoms with Gasteiger partial charge in [0, 0.05) is 30.8 Å². The zero-order valence-corrected chi connectivity index (χ0v) is 19.8. The predicted octanol–water partition coefficient (Wildman–Crippen LogP) is 2.07. The zero-order valence-electron chi connectivity index (χ0n) is 19.0. The van der Waals surface area contributed by atoms with Gasteiger partial charge in [-0.05, 0) is 42.5 Å². The van der Waals surface area contributed by atoms with E-state index in [1.807, 2.05) is 18.2 Å². The first-order chi connectivity index (χ1) is 16.3. The molecule has 1 unspecified atom stereocenters. The van der Waals surface area contributed by atoms with E-state index in [2.05, 4.69) is 0 Å². The summed E-state index contributed by atoms with van der Waals surface area (Å²) >= 11 is 0. The number of nitrogens with zero attached hydrogens (tertiary/aromatic N) is 2. The van der Waals surface area contributed by atoms with Crippen molar-refractivity contribution in [3.8, 4) is 0 Å². The number of methoxy groups -OCH3 is 1. The van der Waals surface area contributed by atoms with Crippen molar-refractivity contribution in [1.29, 1.82) is 0 Å². The fourth-order valence-electron chi connectivity index (χ4n) is 6.20. The fraction of sp³-hybridized carbons (Fsp3) is 0.440. The van der Waals surface area contributed by atoms with Crippen molar-refractivity contribution in [3.05, 3.63) is 60.2 Å². The molecule has 9 heteroatoms. The first kappa shape index (κ1) is 22.9. The predicted molar refractivity (Wildman–Crippen MR) is 125 cm³/mol. The number of carbonyl (C=O) groups is 2. The molecule has 3 aliphatic heterocycles. The average Bonchev–Trinajstić information content (AvgIpc) is 3.36. The number of fused-ring (bicyclic) bond motifs is 4. The third-order valence-electron chi connectivity index (χ3n) is 7.63. The lowest BCUT2D eigenvalue weighted by molar-refractivity contribution is -0.145. The van der Waals surface area contributed by atoms with Gasteiger partial charge >= 0.3 is 5.97 Å². The molecular weight excluding hydrogens is 456 g/mol. The van der Waals surface area contributed by atoms with Crippen LogP contribution in [0.3, 0.4) is 0 Å². The molecule has 2 fully saturated rings. The highest BCUT2D eigenvalue weighted by atomic mass is 32.2. The normalized spacial score (nSPS) is 28.2. The van der Waals surface area contributed by atoms with Crippen molar-refractivity contribution in [2.75, 3.05) is 24.6 Å². The van der Waals surface area contributed by atoms with E-state index in [0.29, 0.717) is 18.5 Å². The molecule has 0 aliphatic carbocycles. The van der Waals surface area contributed by atoms with Crippen molar-refractivity contribution in [3.63, 3.8) is 0 Å². The lowest BCUT2D eigenvalue weighted by Crippen LogP contribution is -2.53. The van der Waals surface area contributed by atoms with Gasteiger partial charge in [0.05, 0.1) is 30.3 Å². The number of para-hydroxylation sites is 1. The lowest BCUT2D eigenvalue weighted by Gasteiger charge is -2.42. The van der Waals surface area contributed by atoms with E-state index in [1.54, 1.807) is 41.3 Å². The van der Waals surface area contributed by atoms with Crippen LogP contribution in [0.5, 0.6) is 0 Å². The van der Waals surface area contributed by atoms with Gasteiger partial charge in [0.2, 0.25) is 5.91 Å². The number of anilines is 1. The summed E-state index contributed by atoms with van der Waals surface area (Å²) in [5, 5.41) is 10.2. The number of amides is 1. The van der Waals surface area contributed by atoms with E-state index in [1.165, 1.54) is 11.4 Å². The highest BCUT2D eigenvalue weighted by Crippen LogP contribution is 2.56. The number of sulfonamides is 1. The van der Waals surface area contributed by atoms with Gasteiger partial charge in [0.15, 0.2) is 0 Å². The summed E-state index contributed by atoms with van der Waals surface area (Å²) < 4.78 is 33.7. The second-order valence-electron chi connectivity index (χ2n) is 9.44. The Morgan fingerprint density at radius 2 is 1.85 bits per heavy atom. The highest BCUT2D eigenvalue weighted by Gasteiger charge is 2.61. The molecule has 1 amide bonds. The van der Waals surface area contributed by atoms with Gasteiger partial charge in [-0.1, -0.05) is 36.4 Å². The number of esters is 1. The van der Waals surface area contributed by atoms with Crippen LogP contribution >= 0.6 is 0 Å². The Hall–Kier alpha value is -2.91. The van der Waals surface area contributed by atoms with E-state index in [0.717, 1.165) is 5.56 Å². The summed E-state index contributed by atoms with van der Waals surface area (Å²) in [4.78, 5) is 27.1. The summed E-state index contributed by atoms with van der Waals surface area (Å²) in [6.07, 6.45) is 1.36. The Morgan fingerprint density at radius 1 is 1.15 bits per heavy atom. The quantitative estimate of drug-likeness (QED) is 0.652. The minimum absolute atomic E-state index is 0.108. The molecule has 2 aromatic rings. The van der Waals surface area contributed by atoms with Crippen molar-refractivity contribution in [1.82, 2.24) is 4.90 Å². The molecule has 1 spiro atoms. The van der Waals surface area contributed by atoms with Gasteiger partial charge in [0.25, 0.3) is 10.0 Å². The molecule has 34 heavy (non-hydrogen) atoms. The molecular formula is C25H28N2O6S. The van der Waals surface area contributed by atoms with Crippen LogP contribution in [0, 0.1) is 5.92 Å². The summed E-state index contributed by atoms with van der Waals surface area (Å²) in [5.74, 6) is -0.664. The van der Waals surface area contributed by atoms with Crippen molar-refractivity contribution in [2.45, 2.75) is 48.1 Å². The SMILES string of the molecule is COC(=O)C[C@H]1CC(=O)N2[C@H](CO)CC3(CN(S(=O)(=O)c4ccccc4)c4ccccc43)[C@H]2C1. The number of aliphatic hydroxyl groups is 1. The van der Waals surface area contributed by atoms with Crippen LogP contribution in [0.15, 0.2) is 59.5 Å². The third kappa shape index (κ3) is 3.41. The highest BCUT2D eigenvalue weighted by molar-refractivity contribution is 7.92. The smallest absolute Gasteiger partial charge is 0.305 e. The molecule has 2 saturated heterocycles. The molecule has 0 radical (unpaired) electrons. The Bertz CT molecular complexity index is 1220. The lowest BCUT2D eigenvalue weighted by atomic mass is 9.70. The fourth-order valence-corrected chi connectivity index (χ4v) is 7.78. The number of piperidine rings is 1. The van der Waals surface area contributed by atoms with Gasteiger partial charge in [-0.3, -0.25) is 13.9 Å². The summed E-state index contributed by atoms with van der Waals surface area (Å²) in [6.45, 7) is -0.0152. The first-order valence-corrected chi connectivity index (χ1v) is 12.9. The molecule has 180 valence electrons. The number of carbonyl (C=O) groups excluding carboxylic acids is 2. The summed E-state index contributed by atoms with van der Waals surface area (Å²) in [5.41, 5.74) is 0.801. The zero-order chi connectivity index (χ0) is 24.1. The average molecular weight is 485 g/mol. The maximum atomic E-state index is 13.7. The minimum Gasteiger partial charge on any atom is -0.469 e. The van der Waals surface area contributed by atoms with Crippen LogP contribution in [0.1, 0.15) is 31.2 Å². The molecule has 3 aliphatic rings. The van der Waals surface area contributed by atoms with E-state index in [4.69, 9.17) is 4.74 Å². The van der Waals surface area contributed by atoms with Gasteiger partial charge in [-0.15, -0.1) is 0 Å². The number of hydrogen-bond acceptors (Lipinski definition) is 6. The number of ether oxygens (including phenoxy) is 1. The number of hydrogen-bond donors (Lipinski definition) is 1. The molecule has 0 aromatic heterocycles.